The summed E-state index contributed by atoms with van der Waals surface area (Å²) in [5.41, 5.74) is 1.32. The minimum Gasteiger partial charge on any atom is -0.348 e. The number of aromatic amines is 1. The van der Waals surface area contributed by atoms with E-state index in [4.69, 9.17) is 0 Å². The lowest BCUT2D eigenvalue weighted by Crippen LogP contribution is -2.10. The molecule has 1 unspecified atom stereocenters. The number of nitrogens with one attached hydrogen (secondary N) is 1. The van der Waals surface area contributed by atoms with Crippen LogP contribution in [-0.4, -0.2) is 9.97 Å². The zero-order valence-corrected chi connectivity index (χ0v) is 9.14. The molecule has 78 valence electrons. The summed E-state index contributed by atoms with van der Waals surface area (Å²) < 4.78 is 0. The van der Waals surface area contributed by atoms with Crippen molar-refractivity contribution in [1.82, 2.24) is 9.97 Å². The van der Waals surface area contributed by atoms with Crippen LogP contribution in [0.3, 0.4) is 0 Å². The molecule has 2 nitrogen and oxygen atoms in total. The molecular formula is C13H16N2. The standard InChI is InChI=1S/C13H16N2/c1-10(2)12(13-14-8-9-15-13)11-6-4-3-5-7-11/h3-10,12H,1-2H3,(H,14,15). The van der Waals surface area contributed by atoms with Crippen LogP contribution in [0, 0.1) is 5.92 Å². The summed E-state index contributed by atoms with van der Waals surface area (Å²) in [6.45, 7) is 4.44. The summed E-state index contributed by atoms with van der Waals surface area (Å²) in [4.78, 5) is 7.56. The summed E-state index contributed by atoms with van der Waals surface area (Å²) >= 11 is 0. The summed E-state index contributed by atoms with van der Waals surface area (Å²) in [6, 6.07) is 10.5. The molecule has 2 rings (SSSR count). The lowest BCUT2D eigenvalue weighted by molar-refractivity contribution is 0.543. The molecule has 0 amide bonds. The van der Waals surface area contributed by atoms with Crippen molar-refractivity contribution in [3.05, 3.63) is 54.1 Å². The van der Waals surface area contributed by atoms with Crippen molar-refractivity contribution in [3.8, 4) is 0 Å². The van der Waals surface area contributed by atoms with Crippen molar-refractivity contribution in [2.75, 3.05) is 0 Å². The molecule has 1 heterocycles. The Bertz CT molecular complexity index is 390. The van der Waals surface area contributed by atoms with E-state index < -0.39 is 0 Å². The molecule has 0 saturated carbocycles. The van der Waals surface area contributed by atoms with Gasteiger partial charge < -0.3 is 4.98 Å². The summed E-state index contributed by atoms with van der Waals surface area (Å²) in [5, 5.41) is 0. The smallest absolute Gasteiger partial charge is 0.113 e. The molecule has 0 bridgehead atoms. The molecule has 15 heavy (non-hydrogen) atoms. The Morgan fingerprint density at radius 2 is 1.87 bits per heavy atom. The van der Waals surface area contributed by atoms with Gasteiger partial charge in [-0.3, -0.25) is 0 Å². The predicted octanol–water partition coefficient (Wildman–Crippen LogP) is 3.20. The van der Waals surface area contributed by atoms with Gasteiger partial charge in [0.1, 0.15) is 5.82 Å². The van der Waals surface area contributed by atoms with E-state index in [-0.39, 0.29) is 0 Å². The van der Waals surface area contributed by atoms with Gasteiger partial charge in [0, 0.05) is 18.3 Å². The third-order valence-electron chi connectivity index (χ3n) is 2.64. The average molecular weight is 200 g/mol. The zero-order chi connectivity index (χ0) is 10.7. The van der Waals surface area contributed by atoms with E-state index in [1.54, 1.807) is 0 Å². The molecule has 1 aromatic heterocycles. The van der Waals surface area contributed by atoms with E-state index in [1.807, 2.05) is 18.5 Å². The largest absolute Gasteiger partial charge is 0.348 e. The fourth-order valence-corrected chi connectivity index (χ4v) is 1.97. The number of benzene rings is 1. The van der Waals surface area contributed by atoms with Gasteiger partial charge in [-0.25, -0.2) is 4.98 Å². The van der Waals surface area contributed by atoms with E-state index in [1.165, 1.54) is 5.56 Å². The molecule has 2 aromatic rings. The minimum absolute atomic E-state index is 0.362. The van der Waals surface area contributed by atoms with Crippen molar-refractivity contribution in [1.29, 1.82) is 0 Å². The molecule has 2 heteroatoms. The Morgan fingerprint density at radius 3 is 2.40 bits per heavy atom. The van der Waals surface area contributed by atoms with E-state index in [2.05, 4.69) is 48.1 Å². The molecule has 0 aliphatic carbocycles. The van der Waals surface area contributed by atoms with Gasteiger partial charge in [-0.1, -0.05) is 44.2 Å². The fraction of sp³-hybridized carbons (Fsp3) is 0.308. The SMILES string of the molecule is CC(C)C(c1ccccc1)c1ncc[nH]1. The van der Waals surface area contributed by atoms with Crippen LogP contribution < -0.4 is 0 Å². The van der Waals surface area contributed by atoms with Crippen LogP contribution in [0.2, 0.25) is 0 Å². The van der Waals surface area contributed by atoms with Crippen LogP contribution in [0.5, 0.6) is 0 Å². The van der Waals surface area contributed by atoms with Crippen LogP contribution in [0.4, 0.5) is 0 Å². The van der Waals surface area contributed by atoms with Gasteiger partial charge in [0.25, 0.3) is 0 Å². The Balaban J connectivity index is 2.37. The second kappa shape index (κ2) is 4.30. The van der Waals surface area contributed by atoms with E-state index in [9.17, 15) is 0 Å². The zero-order valence-electron chi connectivity index (χ0n) is 9.14. The maximum absolute atomic E-state index is 4.36. The highest BCUT2D eigenvalue weighted by molar-refractivity contribution is 5.26. The molecule has 0 saturated heterocycles. The first-order valence-electron chi connectivity index (χ1n) is 5.33. The molecule has 0 radical (unpaired) electrons. The van der Waals surface area contributed by atoms with Gasteiger partial charge in [0.2, 0.25) is 0 Å². The maximum Gasteiger partial charge on any atom is 0.113 e. The highest BCUT2D eigenvalue weighted by Crippen LogP contribution is 2.28. The lowest BCUT2D eigenvalue weighted by atomic mass is 9.88. The van der Waals surface area contributed by atoms with Crippen molar-refractivity contribution in [2.24, 2.45) is 5.92 Å². The topological polar surface area (TPSA) is 28.7 Å². The van der Waals surface area contributed by atoms with Crippen LogP contribution in [0.15, 0.2) is 42.7 Å². The monoisotopic (exact) mass is 200 g/mol. The minimum atomic E-state index is 0.362. The summed E-state index contributed by atoms with van der Waals surface area (Å²) in [7, 11) is 0. The first kappa shape index (κ1) is 9.97. The van der Waals surface area contributed by atoms with Crippen molar-refractivity contribution < 1.29 is 0 Å². The van der Waals surface area contributed by atoms with Gasteiger partial charge in [-0.05, 0) is 11.5 Å². The molecule has 0 aliphatic heterocycles. The first-order chi connectivity index (χ1) is 7.29. The number of H-pyrrole nitrogens is 1. The number of rotatable bonds is 3. The van der Waals surface area contributed by atoms with Crippen LogP contribution in [-0.2, 0) is 0 Å². The Hall–Kier alpha value is -1.57. The van der Waals surface area contributed by atoms with E-state index in [0.717, 1.165) is 5.82 Å². The summed E-state index contributed by atoms with van der Waals surface area (Å²) in [6.07, 6.45) is 3.70. The van der Waals surface area contributed by atoms with Gasteiger partial charge in [-0.15, -0.1) is 0 Å². The lowest BCUT2D eigenvalue weighted by Gasteiger charge is -2.18. The van der Waals surface area contributed by atoms with Crippen molar-refractivity contribution in [2.45, 2.75) is 19.8 Å². The van der Waals surface area contributed by atoms with Crippen molar-refractivity contribution >= 4 is 0 Å². The van der Waals surface area contributed by atoms with Crippen LogP contribution in [0.1, 0.15) is 31.2 Å². The number of hydrogen-bond donors (Lipinski definition) is 1. The van der Waals surface area contributed by atoms with Gasteiger partial charge >= 0.3 is 0 Å². The Labute approximate surface area is 90.4 Å². The predicted molar refractivity (Wildman–Crippen MR) is 61.7 cm³/mol. The maximum atomic E-state index is 4.36. The number of imidazole rings is 1. The highest BCUT2D eigenvalue weighted by atomic mass is 14.9. The number of nitrogens with zero attached hydrogens (tertiary/aromatic N) is 1. The van der Waals surface area contributed by atoms with E-state index in [0.29, 0.717) is 11.8 Å². The second-order valence-corrected chi connectivity index (χ2v) is 4.11. The van der Waals surface area contributed by atoms with Gasteiger partial charge in [0.05, 0.1) is 0 Å². The fourth-order valence-electron chi connectivity index (χ4n) is 1.97. The van der Waals surface area contributed by atoms with Crippen LogP contribution >= 0.6 is 0 Å². The quantitative estimate of drug-likeness (QED) is 0.809. The van der Waals surface area contributed by atoms with Crippen LogP contribution in [0.25, 0.3) is 0 Å². The molecule has 0 fully saturated rings. The molecular weight excluding hydrogens is 184 g/mol. The third-order valence-corrected chi connectivity index (χ3v) is 2.64. The molecule has 1 N–H and O–H groups in total. The number of hydrogen-bond acceptors (Lipinski definition) is 1. The first-order valence-corrected chi connectivity index (χ1v) is 5.33. The van der Waals surface area contributed by atoms with Gasteiger partial charge in [0.15, 0.2) is 0 Å². The van der Waals surface area contributed by atoms with Gasteiger partial charge in [-0.2, -0.15) is 0 Å². The Morgan fingerprint density at radius 1 is 1.13 bits per heavy atom. The molecule has 0 aliphatic rings. The van der Waals surface area contributed by atoms with Crippen molar-refractivity contribution in [3.63, 3.8) is 0 Å². The number of aromatic nitrogens is 2. The second-order valence-electron chi connectivity index (χ2n) is 4.11. The highest BCUT2D eigenvalue weighted by Gasteiger charge is 2.19. The normalized spacial score (nSPS) is 13.0. The summed E-state index contributed by atoms with van der Waals surface area (Å²) in [5.74, 6) is 1.95. The van der Waals surface area contributed by atoms with E-state index >= 15 is 0 Å². The Kier molecular flexibility index (Phi) is 2.86. The third kappa shape index (κ3) is 2.09. The molecule has 1 atom stereocenters. The average Bonchev–Trinajstić information content (AvgIpc) is 2.72. The molecule has 0 spiro atoms. The molecule has 1 aromatic carbocycles.